The van der Waals surface area contributed by atoms with Gasteiger partial charge in [0, 0.05) is 9.79 Å². The quantitative estimate of drug-likeness (QED) is 0.769. The first kappa shape index (κ1) is 15.1. The smallest absolute Gasteiger partial charge is 0.0186 e. The van der Waals surface area contributed by atoms with Crippen LogP contribution in [-0.2, 0) is 0 Å². The minimum atomic E-state index is 0. The van der Waals surface area contributed by atoms with Crippen molar-refractivity contribution >= 4 is 21.6 Å². The molecular weight excluding hydrogens is 236 g/mol. The fourth-order valence-corrected chi connectivity index (χ4v) is 3.02. The molecule has 0 atom stereocenters. The molecule has 0 saturated carbocycles. The molecule has 16 heavy (non-hydrogen) atoms. The van der Waals surface area contributed by atoms with E-state index in [-0.39, 0.29) is 12.3 Å². The second-order valence-electron chi connectivity index (χ2n) is 2.79. The summed E-state index contributed by atoms with van der Waals surface area (Å²) in [6.07, 6.45) is 0. The summed E-state index contributed by atoms with van der Waals surface area (Å²) in [5.41, 5.74) is 0. The summed E-state index contributed by atoms with van der Waals surface area (Å²) in [4.78, 5) is 2.59. The Balaban J connectivity index is 0.00000112. The Bertz CT molecular complexity index is 339. The van der Waals surface area contributed by atoms with Crippen LogP contribution in [0.5, 0.6) is 0 Å². The van der Waals surface area contributed by atoms with Gasteiger partial charge >= 0.3 is 0 Å². The predicted molar refractivity (Wildman–Crippen MR) is 74.6 cm³/mol. The minimum absolute atomic E-state index is 0. The summed E-state index contributed by atoms with van der Waals surface area (Å²) in [5, 5.41) is 0. The molecule has 2 aromatic carbocycles. The summed E-state index contributed by atoms with van der Waals surface area (Å²) < 4.78 is 0. The molecule has 0 heterocycles. The molecule has 0 radical (unpaired) electrons. The van der Waals surface area contributed by atoms with Crippen molar-refractivity contribution < 1.29 is 0 Å². The molecule has 0 aliphatic rings. The summed E-state index contributed by atoms with van der Waals surface area (Å²) in [6, 6.07) is 20.8. The highest BCUT2D eigenvalue weighted by Gasteiger charge is 1.94. The Morgan fingerprint density at radius 1 is 0.500 bits per heavy atom. The fourth-order valence-electron chi connectivity index (χ4n) is 1.05. The standard InChI is InChI=1S/C12H10S2.2H3N/c1-3-7-11(8-4-1)13-14-12-9-5-2-6-10-12;;/h1-10H;2*1H3. The van der Waals surface area contributed by atoms with Crippen LogP contribution in [0.15, 0.2) is 70.5 Å². The third-order valence-corrected chi connectivity index (χ3v) is 4.14. The molecular formula is C12H16N2S2. The molecule has 0 saturated heterocycles. The second-order valence-corrected chi connectivity index (χ2v) is 5.07. The largest absolute Gasteiger partial charge is 0.344 e. The van der Waals surface area contributed by atoms with Crippen LogP contribution in [0.1, 0.15) is 0 Å². The Labute approximate surface area is 104 Å². The molecule has 0 bridgehead atoms. The van der Waals surface area contributed by atoms with Gasteiger partial charge in [0.2, 0.25) is 0 Å². The third kappa shape index (κ3) is 4.72. The van der Waals surface area contributed by atoms with E-state index in [9.17, 15) is 0 Å². The van der Waals surface area contributed by atoms with E-state index in [1.807, 2.05) is 12.1 Å². The Kier molecular flexibility index (Phi) is 7.76. The van der Waals surface area contributed by atoms with Crippen LogP contribution in [0.2, 0.25) is 0 Å². The molecule has 86 valence electrons. The van der Waals surface area contributed by atoms with E-state index < -0.39 is 0 Å². The van der Waals surface area contributed by atoms with Gasteiger partial charge in [0.25, 0.3) is 0 Å². The van der Waals surface area contributed by atoms with Gasteiger partial charge in [0.1, 0.15) is 0 Å². The lowest BCUT2D eigenvalue weighted by Gasteiger charge is -1.99. The molecule has 0 fully saturated rings. The highest BCUT2D eigenvalue weighted by atomic mass is 33.1. The zero-order chi connectivity index (χ0) is 9.64. The highest BCUT2D eigenvalue weighted by Crippen LogP contribution is 2.36. The Morgan fingerprint density at radius 2 is 0.812 bits per heavy atom. The lowest BCUT2D eigenvalue weighted by Crippen LogP contribution is -1.67. The second kappa shape index (κ2) is 8.24. The fraction of sp³-hybridized carbons (Fsp3) is 0. The van der Waals surface area contributed by atoms with Crippen molar-refractivity contribution in [3.8, 4) is 0 Å². The lowest BCUT2D eigenvalue weighted by molar-refractivity contribution is 1.47. The van der Waals surface area contributed by atoms with E-state index >= 15 is 0 Å². The predicted octanol–water partition coefficient (Wildman–Crippen LogP) is 4.81. The van der Waals surface area contributed by atoms with Gasteiger partial charge in [0.15, 0.2) is 0 Å². The summed E-state index contributed by atoms with van der Waals surface area (Å²) in [6.45, 7) is 0. The van der Waals surface area contributed by atoms with Gasteiger partial charge in [-0.1, -0.05) is 58.0 Å². The van der Waals surface area contributed by atoms with Crippen LogP contribution >= 0.6 is 21.6 Å². The normalized spacial score (nSPS) is 8.75. The maximum atomic E-state index is 2.13. The van der Waals surface area contributed by atoms with Crippen molar-refractivity contribution in [2.24, 2.45) is 0 Å². The van der Waals surface area contributed by atoms with E-state index in [2.05, 4.69) is 48.5 Å². The molecule has 2 aromatic rings. The molecule has 6 N–H and O–H groups in total. The minimum Gasteiger partial charge on any atom is -0.344 e. The van der Waals surface area contributed by atoms with Gasteiger partial charge < -0.3 is 12.3 Å². The molecule has 4 heteroatoms. The first-order valence-electron chi connectivity index (χ1n) is 4.40. The van der Waals surface area contributed by atoms with E-state index in [1.165, 1.54) is 9.79 Å². The molecule has 0 aliphatic heterocycles. The highest BCUT2D eigenvalue weighted by molar-refractivity contribution is 8.76. The van der Waals surface area contributed by atoms with E-state index in [1.54, 1.807) is 21.6 Å². The molecule has 0 unspecified atom stereocenters. The molecule has 0 spiro atoms. The maximum Gasteiger partial charge on any atom is 0.0186 e. The van der Waals surface area contributed by atoms with Gasteiger partial charge in [-0.05, 0) is 24.3 Å². The number of rotatable bonds is 3. The van der Waals surface area contributed by atoms with Crippen LogP contribution in [0, 0.1) is 0 Å². The van der Waals surface area contributed by atoms with E-state index in [0.717, 1.165) is 0 Å². The summed E-state index contributed by atoms with van der Waals surface area (Å²) in [5.74, 6) is 0. The average Bonchev–Trinajstić information content (AvgIpc) is 2.29. The van der Waals surface area contributed by atoms with Crippen LogP contribution < -0.4 is 12.3 Å². The van der Waals surface area contributed by atoms with Crippen molar-refractivity contribution in [2.45, 2.75) is 9.79 Å². The van der Waals surface area contributed by atoms with Crippen molar-refractivity contribution in [1.29, 1.82) is 0 Å². The first-order chi connectivity index (χ1) is 6.95. The van der Waals surface area contributed by atoms with Crippen molar-refractivity contribution in [2.75, 3.05) is 0 Å². The van der Waals surface area contributed by atoms with Gasteiger partial charge in [-0.2, -0.15) is 0 Å². The number of hydrogen-bond acceptors (Lipinski definition) is 4. The molecule has 0 aromatic heterocycles. The van der Waals surface area contributed by atoms with Gasteiger partial charge in [-0.15, -0.1) is 0 Å². The van der Waals surface area contributed by atoms with Crippen LogP contribution in [-0.4, -0.2) is 0 Å². The van der Waals surface area contributed by atoms with Crippen molar-refractivity contribution in [3.63, 3.8) is 0 Å². The van der Waals surface area contributed by atoms with E-state index in [4.69, 9.17) is 0 Å². The Morgan fingerprint density at radius 3 is 1.12 bits per heavy atom. The van der Waals surface area contributed by atoms with Gasteiger partial charge in [-0.25, -0.2) is 0 Å². The molecule has 0 aliphatic carbocycles. The molecule has 2 rings (SSSR count). The number of benzene rings is 2. The molecule has 0 amide bonds. The Hall–Kier alpha value is -0.940. The van der Waals surface area contributed by atoms with Crippen molar-refractivity contribution in [3.05, 3.63) is 60.7 Å². The monoisotopic (exact) mass is 252 g/mol. The van der Waals surface area contributed by atoms with Crippen LogP contribution in [0.25, 0.3) is 0 Å². The van der Waals surface area contributed by atoms with Gasteiger partial charge in [0.05, 0.1) is 0 Å². The van der Waals surface area contributed by atoms with Gasteiger partial charge in [-0.3, -0.25) is 0 Å². The molecule has 2 nitrogen and oxygen atoms in total. The van der Waals surface area contributed by atoms with Crippen LogP contribution in [0.3, 0.4) is 0 Å². The first-order valence-corrected chi connectivity index (χ1v) is 6.55. The third-order valence-electron chi connectivity index (χ3n) is 1.72. The zero-order valence-electron chi connectivity index (χ0n) is 9.00. The van der Waals surface area contributed by atoms with Crippen molar-refractivity contribution in [1.82, 2.24) is 12.3 Å². The summed E-state index contributed by atoms with van der Waals surface area (Å²) >= 11 is 0. The maximum absolute atomic E-state index is 2.13. The lowest BCUT2D eigenvalue weighted by atomic mass is 10.4. The van der Waals surface area contributed by atoms with E-state index in [0.29, 0.717) is 0 Å². The van der Waals surface area contributed by atoms with Crippen LogP contribution in [0.4, 0.5) is 0 Å². The average molecular weight is 252 g/mol. The SMILES string of the molecule is N.N.c1ccc(SSc2ccccc2)cc1. The number of hydrogen-bond donors (Lipinski definition) is 2. The summed E-state index contributed by atoms with van der Waals surface area (Å²) in [7, 11) is 3.58. The topological polar surface area (TPSA) is 70.0 Å². The zero-order valence-corrected chi connectivity index (χ0v) is 10.6.